The number of para-hydroxylation sites is 2. The summed E-state index contributed by atoms with van der Waals surface area (Å²) in [4.78, 5) is 26.5. The Morgan fingerprint density at radius 1 is 1.38 bits per heavy atom. The molecular weight excluding hydrogens is 372 g/mol. The standard InChI is InChI=1S/C17H20N4O3S2/c1-10(2)25-17-20-19-16(26-17)18-15(23)11-8-14(22)21(9-11)12-6-4-5-7-13(12)24-3/h4-7,10-11H,8-9H2,1-3H3,(H,18,19,23)/t11-/m0/s1. The van der Waals surface area contributed by atoms with E-state index in [0.29, 0.717) is 28.4 Å². The van der Waals surface area contributed by atoms with Gasteiger partial charge in [0, 0.05) is 18.2 Å². The third kappa shape index (κ3) is 4.16. The first-order valence-corrected chi connectivity index (χ1v) is 9.92. The van der Waals surface area contributed by atoms with Crippen LogP contribution in [0.3, 0.4) is 0 Å². The van der Waals surface area contributed by atoms with Crippen molar-refractivity contribution in [2.24, 2.45) is 5.92 Å². The molecule has 2 heterocycles. The summed E-state index contributed by atoms with van der Waals surface area (Å²) in [5.74, 6) is -0.130. The van der Waals surface area contributed by atoms with Gasteiger partial charge in [-0.25, -0.2) is 0 Å². The van der Waals surface area contributed by atoms with Gasteiger partial charge in [-0.2, -0.15) is 0 Å². The maximum Gasteiger partial charge on any atom is 0.231 e. The van der Waals surface area contributed by atoms with E-state index < -0.39 is 5.92 Å². The van der Waals surface area contributed by atoms with Crippen LogP contribution in [0.1, 0.15) is 20.3 Å². The van der Waals surface area contributed by atoms with Crippen LogP contribution < -0.4 is 15.0 Å². The van der Waals surface area contributed by atoms with Crippen LogP contribution in [0.2, 0.25) is 0 Å². The first kappa shape index (κ1) is 18.7. The summed E-state index contributed by atoms with van der Waals surface area (Å²) in [5, 5.41) is 11.7. The fourth-order valence-corrected chi connectivity index (χ4v) is 4.66. The van der Waals surface area contributed by atoms with Crippen molar-refractivity contribution in [3.8, 4) is 5.75 Å². The maximum atomic E-state index is 12.5. The van der Waals surface area contributed by atoms with Gasteiger partial charge in [0.1, 0.15) is 5.75 Å². The Bertz CT molecular complexity index is 809. The highest BCUT2D eigenvalue weighted by Gasteiger charge is 2.36. The average molecular weight is 393 g/mol. The molecule has 1 aliphatic rings. The summed E-state index contributed by atoms with van der Waals surface area (Å²) in [6.45, 7) is 4.46. The zero-order valence-corrected chi connectivity index (χ0v) is 16.4. The molecule has 1 aromatic carbocycles. The minimum absolute atomic E-state index is 0.0945. The van der Waals surface area contributed by atoms with E-state index in [9.17, 15) is 9.59 Å². The Labute approximate surface area is 160 Å². The molecular formula is C17H20N4O3S2. The minimum atomic E-state index is -0.433. The molecule has 0 spiro atoms. The van der Waals surface area contributed by atoms with E-state index in [1.165, 1.54) is 11.3 Å². The average Bonchev–Trinajstić information content (AvgIpc) is 3.20. The highest BCUT2D eigenvalue weighted by atomic mass is 32.2. The third-order valence-electron chi connectivity index (χ3n) is 3.84. The van der Waals surface area contributed by atoms with Crippen LogP contribution in [0.5, 0.6) is 5.75 Å². The van der Waals surface area contributed by atoms with Crippen molar-refractivity contribution in [2.75, 3.05) is 23.9 Å². The fraction of sp³-hybridized carbons (Fsp3) is 0.412. The number of rotatable bonds is 6. The normalized spacial score (nSPS) is 17.0. The molecule has 1 N–H and O–H groups in total. The van der Waals surface area contributed by atoms with Gasteiger partial charge in [-0.15, -0.1) is 10.2 Å². The number of benzene rings is 1. The molecule has 26 heavy (non-hydrogen) atoms. The first-order valence-electron chi connectivity index (χ1n) is 8.22. The van der Waals surface area contributed by atoms with E-state index in [-0.39, 0.29) is 18.2 Å². The molecule has 1 fully saturated rings. The monoisotopic (exact) mass is 392 g/mol. The molecule has 1 atom stereocenters. The lowest BCUT2D eigenvalue weighted by atomic mass is 10.1. The Morgan fingerprint density at radius 2 is 2.15 bits per heavy atom. The predicted molar refractivity (Wildman–Crippen MR) is 103 cm³/mol. The number of nitrogens with one attached hydrogen (secondary N) is 1. The van der Waals surface area contributed by atoms with Gasteiger partial charge in [-0.3, -0.25) is 9.59 Å². The van der Waals surface area contributed by atoms with Crippen molar-refractivity contribution in [2.45, 2.75) is 29.9 Å². The number of carbonyl (C=O) groups excluding carboxylic acids is 2. The highest BCUT2D eigenvalue weighted by Crippen LogP contribution is 2.33. The van der Waals surface area contributed by atoms with Crippen LogP contribution in [0, 0.1) is 5.92 Å². The molecule has 0 saturated carbocycles. The number of hydrogen-bond donors (Lipinski definition) is 1. The van der Waals surface area contributed by atoms with Gasteiger partial charge in [0.25, 0.3) is 0 Å². The number of ether oxygens (including phenoxy) is 1. The van der Waals surface area contributed by atoms with Crippen LogP contribution in [0.4, 0.5) is 10.8 Å². The summed E-state index contributed by atoms with van der Waals surface area (Å²) in [6, 6.07) is 7.30. The summed E-state index contributed by atoms with van der Waals surface area (Å²) >= 11 is 2.94. The zero-order chi connectivity index (χ0) is 18.7. The summed E-state index contributed by atoms with van der Waals surface area (Å²) in [5.41, 5.74) is 0.682. The molecule has 1 aromatic heterocycles. The van der Waals surface area contributed by atoms with E-state index in [2.05, 4.69) is 29.4 Å². The van der Waals surface area contributed by atoms with E-state index in [4.69, 9.17) is 4.74 Å². The number of anilines is 2. The van der Waals surface area contributed by atoms with Gasteiger partial charge in [-0.1, -0.05) is 49.1 Å². The second-order valence-electron chi connectivity index (χ2n) is 6.11. The summed E-state index contributed by atoms with van der Waals surface area (Å²) in [6.07, 6.45) is 0.163. The highest BCUT2D eigenvalue weighted by molar-refractivity contribution is 8.01. The van der Waals surface area contributed by atoms with E-state index in [0.717, 1.165) is 4.34 Å². The van der Waals surface area contributed by atoms with Gasteiger partial charge < -0.3 is 15.0 Å². The fourth-order valence-electron chi connectivity index (χ4n) is 2.69. The predicted octanol–water partition coefficient (Wildman–Crippen LogP) is 3.04. The van der Waals surface area contributed by atoms with Gasteiger partial charge in [0.2, 0.25) is 16.9 Å². The lowest BCUT2D eigenvalue weighted by Gasteiger charge is -2.19. The SMILES string of the molecule is COc1ccccc1N1C[C@@H](C(=O)Nc2nnc(SC(C)C)s2)CC1=O. The lowest BCUT2D eigenvalue weighted by molar-refractivity contribution is -0.122. The van der Waals surface area contributed by atoms with Crippen LogP contribution in [-0.2, 0) is 9.59 Å². The van der Waals surface area contributed by atoms with E-state index in [1.54, 1.807) is 29.8 Å². The number of aromatic nitrogens is 2. The molecule has 1 saturated heterocycles. The largest absolute Gasteiger partial charge is 0.495 e. The van der Waals surface area contributed by atoms with Crippen molar-refractivity contribution < 1.29 is 14.3 Å². The smallest absolute Gasteiger partial charge is 0.231 e. The van der Waals surface area contributed by atoms with Crippen LogP contribution in [0.15, 0.2) is 28.6 Å². The molecule has 2 aromatic rings. The second kappa shape index (κ2) is 8.05. The Morgan fingerprint density at radius 3 is 2.88 bits per heavy atom. The molecule has 0 radical (unpaired) electrons. The van der Waals surface area contributed by atoms with E-state index >= 15 is 0 Å². The van der Waals surface area contributed by atoms with Crippen LogP contribution >= 0.6 is 23.1 Å². The van der Waals surface area contributed by atoms with Crippen molar-refractivity contribution in [3.63, 3.8) is 0 Å². The topological polar surface area (TPSA) is 84.4 Å². The van der Waals surface area contributed by atoms with Crippen LogP contribution in [0.25, 0.3) is 0 Å². The summed E-state index contributed by atoms with van der Waals surface area (Å²) < 4.78 is 6.13. The van der Waals surface area contributed by atoms with Crippen molar-refractivity contribution >= 4 is 45.7 Å². The lowest BCUT2D eigenvalue weighted by Crippen LogP contribution is -2.28. The second-order valence-corrected chi connectivity index (χ2v) is 8.91. The van der Waals surface area contributed by atoms with Gasteiger partial charge in [-0.05, 0) is 12.1 Å². The Kier molecular flexibility index (Phi) is 5.77. The molecule has 3 rings (SSSR count). The van der Waals surface area contributed by atoms with Gasteiger partial charge >= 0.3 is 0 Å². The van der Waals surface area contributed by atoms with Crippen LogP contribution in [-0.4, -0.2) is 40.9 Å². The molecule has 0 unspecified atom stereocenters. The molecule has 7 nitrogen and oxygen atoms in total. The number of hydrogen-bond acceptors (Lipinski definition) is 7. The van der Waals surface area contributed by atoms with Gasteiger partial charge in [0.15, 0.2) is 4.34 Å². The molecule has 9 heteroatoms. The summed E-state index contributed by atoms with van der Waals surface area (Å²) in [7, 11) is 1.56. The number of nitrogens with zero attached hydrogens (tertiary/aromatic N) is 3. The van der Waals surface area contributed by atoms with Crippen molar-refractivity contribution in [1.82, 2.24) is 10.2 Å². The molecule has 138 valence electrons. The molecule has 0 bridgehead atoms. The van der Waals surface area contributed by atoms with Crippen molar-refractivity contribution in [3.05, 3.63) is 24.3 Å². The molecule has 0 aliphatic carbocycles. The number of methoxy groups -OCH3 is 1. The van der Waals surface area contributed by atoms with E-state index in [1.807, 2.05) is 18.2 Å². The number of carbonyl (C=O) groups is 2. The minimum Gasteiger partial charge on any atom is -0.495 e. The van der Waals surface area contributed by atoms with Gasteiger partial charge in [0.05, 0.1) is 18.7 Å². The Balaban J connectivity index is 1.66. The quantitative estimate of drug-likeness (QED) is 0.601. The molecule has 1 aliphatic heterocycles. The maximum absolute atomic E-state index is 12.5. The first-order chi connectivity index (χ1) is 12.5. The zero-order valence-electron chi connectivity index (χ0n) is 14.8. The third-order valence-corrected chi connectivity index (χ3v) is 5.77. The van der Waals surface area contributed by atoms with Crippen molar-refractivity contribution in [1.29, 1.82) is 0 Å². The number of thioether (sulfide) groups is 1. The number of amides is 2. The Hall–Kier alpha value is -2.13. The molecule has 2 amide bonds.